The summed E-state index contributed by atoms with van der Waals surface area (Å²) < 4.78 is 1.17. The third-order valence-electron chi connectivity index (χ3n) is 4.87. The Hall–Kier alpha value is -3.48. The molecule has 1 aliphatic rings. The van der Waals surface area contributed by atoms with Crippen molar-refractivity contribution in [1.29, 1.82) is 0 Å². The van der Waals surface area contributed by atoms with Gasteiger partial charge in [0.1, 0.15) is 6.54 Å². The molecule has 142 valence electrons. The lowest BCUT2D eigenvalue weighted by molar-refractivity contribution is -0.122. The third-order valence-corrected chi connectivity index (χ3v) is 4.87. The second-order valence-electron chi connectivity index (χ2n) is 6.79. The van der Waals surface area contributed by atoms with Gasteiger partial charge in [-0.2, -0.15) is 5.10 Å². The molecule has 28 heavy (non-hydrogen) atoms. The Bertz CT molecular complexity index is 1090. The molecule has 1 aliphatic heterocycles. The minimum Gasteiger partial charge on any atom is -0.350 e. The molecule has 7 heteroatoms. The highest BCUT2D eigenvalue weighted by atomic mass is 16.2. The van der Waals surface area contributed by atoms with Gasteiger partial charge in [0.2, 0.25) is 11.8 Å². The molecule has 7 nitrogen and oxygen atoms in total. The number of hydrogen-bond acceptors (Lipinski definition) is 4. The van der Waals surface area contributed by atoms with Crippen LogP contribution in [0.5, 0.6) is 0 Å². The predicted octanol–water partition coefficient (Wildman–Crippen LogP) is 1.84. The number of rotatable bonds is 5. The minimum absolute atomic E-state index is 0.135. The fraction of sp³-hybridized carbons (Fsp3) is 0.238. The Morgan fingerprint density at radius 1 is 1.07 bits per heavy atom. The van der Waals surface area contributed by atoms with Crippen LogP contribution in [0.1, 0.15) is 18.4 Å². The quantitative estimate of drug-likeness (QED) is 0.736. The second kappa shape index (κ2) is 7.64. The number of amides is 2. The summed E-state index contributed by atoms with van der Waals surface area (Å²) in [5.41, 5.74) is 1.51. The van der Waals surface area contributed by atoms with E-state index in [0.29, 0.717) is 18.4 Å². The number of aromatic nitrogens is 2. The van der Waals surface area contributed by atoms with Gasteiger partial charge in [-0.25, -0.2) is 4.68 Å². The lowest BCUT2D eigenvalue weighted by Gasteiger charge is -2.16. The van der Waals surface area contributed by atoms with Crippen LogP contribution in [-0.2, 0) is 22.7 Å². The average molecular weight is 376 g/mol. The van der Waals surface area contributed by atoms with Crippen molar-refractivity contribution < 1.29 is 9.59 Å². The normalized spacial score (nSPS) is 13.9. The van der Waals surface area contributed by atoms with Crippen LogP contribution in [0.4, 0.5) is 5.69 Å². The van der Waals surface area contributed by atoms with Crippen molar-refractivity contribution in [2.75, 3.05) is 11.4 Å². The van der Waals surface area contributed by atoms with Crippen molar-refractivity contribution >= 4 is 28.3 Å². The minimum atomic E-state index is -0.288. The van der Waals surface area contributed by atoms with E-state index in [2.05, 4.69) is 10.4 Å². The monoisotopic (exact) mass is 376 g/mol. The lowest BCUT2D eigenvalue weighted by Crippen LogP contribution is -2.33. The zero-order valence-electron chi connectivity index (χ0n) is 15.3. The van der Waals surface area contributed by atoms with Crippen LogP contribution in [-0.4, -0.2) is 28.1 Å². The molecule has 0 aliphatic carbocycles. The van der Waals surface area contributed by atoms with E-state index >= 15 is 0 Å². The molecule has 0 radical (unpaired) electrons. The van der Waals surface area contributed by atoms with E-state index in [0.717, 1.165) is 29.6 Å². The van der Waals surface area contributed by atoms with E-state index in [1.54, 1.807) is 23.2 Å². The van der Waals surface area contributed by atoms with Gasteiger partial charge in [0.05, 0.1) is 11.6 Å². The number of anilines is 1. The first-order chi connectivity index (χ1) is 13.6. The van der Waals surface area contributed by atoms with Crippen molar-refractivity contribution in [1.82, 2.24) is 15.1 Å². The molecule has 2 aromatic carbocycles. The van der Waals surface area contributed by atoms with Gasteiger partial charge in [-0.3, -0.25) is 14.4 Å². The summed E-state index contributed by atoms with van der Waals surface area (Å²) >= 11 is 0. The fourth-order valence-corrected chi connectivity index (χ4v) is 3.35. The molecule has 0 unspecified atom stereocenters. The Kier molecular flexibility index (Phi) is 4.89. The summed E-state index contributed by atoms with van der Waals surface area (Å²) in [4.78, 5) is 38.2. The summed E-state index contributed by atoms with van der Waals surface area (Å²) in [7, 11) is 0. The first kappa shape index (κ1) is 17.9. The molecule has 1 saturated heterocycles. The van der Waals surface area contributed by atoms with Gasteiger partial charge in [0.15, 0.2) is 0 Å². The Morgan fingerprint density at radius 3 is 2.61 bits per heavy atom. The molecule has 3 aromatic rings. The number of nitrogens with one attached hydrogen (secondary N) is 1. The van der Waals surface area contributed by atoms with Gasteiger partial charge in [-0.05, 0) is 30.2 Å². The molecule has 0 spiro atoms. The average Bonchev–Trinajstić information content (AvgIpc) is 3.15. The molecular weight excluding hydrogens is 356 g/mol. The smallest absolute Gasteiger partial charge is 0.275 e. The molecule has 2 heterocycles. The van der Waals surface area contributed by atoms with E-state index in [4.69, 9.17) is 0 Å². The maximum atomic E-state index is 12.4. The van der Waals surface area contributed by atoms with E-state index in [-0.39, 0.29) is 23.9 Å². The van der Waals surface area contributed by atoms with Gasteiger partial charge in [0.25, 0.3) is 5.56 Å². The number of carbonyl (C=O) groups excluding carboxylic acids is 2. The SMILES string of the molecule is O=C(Cn1ncc2ccccc2c1=O)NCc1ccc(N2CCCC2=O)cc1. The summed E-state index contributed by atoms with van der Waals surface area (Å²) in [5, 5.41) is 8.16. The zero-order valence-corrected chi connectivity index (χ0v) is 15.3. The molecule has 1 N–H and O–H groups in total. The molecule has 2 amide bonds. The highest BCUT2D eigenvalue weighted by Crippen LogP contribution is 2.21. The van der Waals surface area contributed by atoms with Crippen LogP contribution in [0.3, 0.4) is 0 Å². The maximum Gasteiger partial charge on any atom is 0.275 e. The topological polar surface area (TPSA) is 84.3 Å². The van der Waals surface area contributed by atoms with Crippen LogP contribution >= 0.6 is 0 Å². The molecular formula is C21H20N4O3. The number of nitrogens with zero attached hydrogens (tertiary/aromatic N) is 3. The zero-order chi connectivity index (χ0) is 19.5. The van der Waals surface area contributed by atoms with Crippen molar-refractivity contribution in [2.45, 2.75) is 25.9 Å². The van der Waals surface area contributed by atoms with Gasteiger partial charge >= 0.3 is 0 Å². The molecule has 0 saturated carbocycles. The second-order valence-corrected chi connectivity index (χ2v) is 6.79. The van der Waals surface area contributed by atoms with Crippen LogP contribution in [0.25, 0.3) is 10.8 Å². The molecule has 4 rings (SSSR count). The van der Waals surface area contributed by atoms with Crippen LogP contribution < -0.4 is 15.8 Å². The largest absolute Gasteiger partial charge is 0.350 e. The van der Waals surface area contributed by atoms with Crippen LogP contribution in [0, 0.1) is 0 Å². The summed E-state index contributed by atoms with van der Waals surface area (Å²) in [6, 6.07) is 14.7. The van der Waals surface area contributed by atoms with Crippen LogP contribution in [0.2, 0.25) is 0 Å². The lowest BCUT2D eigenvalue weighted by atomic mass is 10.2. The standard InChI is InChI=1S/C21H20N4O3/c26-19(14-25-21(28)18-5-2-1-4-16(18)13-23-25)22-12-15-7-9-17(10-8-15)24-11-3-6-20(24)27/h1-2,4-5,7-10,13H,3,6,11-12,14H2,(H,22,26). The number of benzene rings is 2. The van der Waals surface area contributed by atoms with E-state index in [9.17, 15) is 14.4 Å². The molecule has 0 atom stereocenters. The Balaban J connectivity index is 1.38. The van der Waals surface area contributed by atoms with Gasteiger partial charge < -0.3 is 10.2 Å². The third kappa shape index (κ3) is 3.64. The predicted molar refractivity (Wildman–Crippen MR) is 106 cm³/mol. The number of fused-ring (bicyclic) bond motifs is 1. The highest BCUT2D eigenvalue weighted by Gasteiger charge is 2.21. The molecule has 1 fully saturated rings. The van der Waals surface area contributed by atoms with Gasteiger partial charge in [0, 0.05) is 30.6 Å². The molecule has 0 bridgehead atoms. The maximum absolute atomic E-state index is 12.4. The molecule has 1 aromatic heterocycles. The van der Waals surface area contributed by atoms with E-state index < -0.39 is 0 Å². The first-order valence-corrected chi connectivity index (χ1v) is 9.23. The summed E-state index contributed by atoms with van der Waals surface area (Å²) in [5.74, 6) is -0.141. The van der Waals surface area contributed by atoms with E-state index in [1.165, 1.54) is 4.68 Å². The number of hydrogen-bond donors (Lipinski definition) is 1. The highest BCUT2D eigenvalue weighted by molar-refractivity contribution is 5.95. The number of carbonyl (C=O) groups is 2. The van der Waals surface area contributed by atoms with Gasteiger partial charge in [-0.15, -0.1) is 0 Å². The Morgan fingerprint density at radius 2 is 1.86 bits per heavy atom. The van der Waals surface area contributed by atoms with Crippen LogP contribution in [0.15, 0.2) is 59.5 Å². The van der Waals surface area contributed by atoms with Crippen molar-refractivity contribution in [3.05, 3.63) is 70.6 Å². The van der Waals surface area contributed by atoms with Crippen molar-refractivity contribution in [2.24, 2.45) is 0 Å². The Labute approximate surface area is 161 Å². The van der Waals surface area contributed by atoms with Crippen molar-refractivity contribution in [3.63, 3.8) is 0 Å². The summed E-state index contributed by atoms with van der Waals surface area (Å²) in [6.07, 6.45) is 3.07. The van der Waals surface area contributed by atoms with Gasteiger partial charge in [-0.1, -0.05) is 30.3 Å². The summed E-state index contributed by atoms with van der Waals surface area (Å²) in [6.45, 7) is 0.960. The fourth-order valence-electron chi connectivity index (χ4n) is 3.35. The first-order valence-electron chi connectivity index (χ1n) is 9.23. The van der Waals surface area contributed by atoms with Crippen molar-refractivity contribution in [3.8, 4) is 0 Å². The van der Waals surface area contributed by atoms with E-state index in [1.807, 2.05) is 36.4 Å².